The lowest BCUT2D eigenvalue weighted by molar-refractivity contribution is -0.137. The van der Waals surface area contributed by atoms with Crippen molar-refractivity contribution in [2.45, 2.75) is 69.1 Å². The lowest BCUT2D eigenvalue weighted by Crippen LogP contribution is -2.48. The largest absolute Gasteiger partial charge is 0.416 e. The van der Waals surface area contributed by atoms with Gasteiger partial charge in [-0.2, -0.15) is 13.2 Å². The first-order valence-electron chi connectivity index (χ1n) is 10.1. The zero-order valence-electron chi connectivity index (χ0n) is 17.9. The number of halogens is 3. The average molecular weight is 449 g/mol. The Morgan fingerprint density at radius 3 is 2.27 bits per heavy atom. The summed E-state index contributed by atoms with van der Waals surface area (Å²) in [5.41, 5.74) is -1.21. The van der Waals surface area contributed by atoms with E-state index in [4.69, 9.17) is 0 Å². The van der Waals surface area contributed by atoms with Gasteiger partial charge in [-0.25, -0.2) is 8.42 Å². The number of likely N-dealkylation sites (N-methyl/N-ethyl adjacent to an activating group) is 1. The second-order valence-corrected chi connectivity index (χ2v) is 11.1. The van der Waals surface area contributed by atoms with Crippen molar-refractivity contribution >= 4 is 15.7 Å². The molecule has 1 fully saturated rings. The van der Waals surface area contributed by atoms with Crippen LogP contribution in [0.3, 0.4) is 0 Å². The van der Waals surface area contributed by atoms with E-state index in [1.54, 1.807) is 11.9 Å². The molecule has 0 bridgehead atoms. The molecule has 0 aromatic heterocycles. The van der Waals surface area contributed by atoms with Crippen molar-refractivity contribution in [3.63, 3.8) is 0 Å². The van der Waals surface area contributed by atoms with Crippen molar-refractivity contribution in [1.29, 1.82) is 0 Å². The fourth-order valence-corrected chi connectivity index (χ4v) is 5.27. The van der Waals surface area contributed by atoms with E-state index < -0.39 is 21.6 Å². The van der Waals surface area contributed by atoms with Crippen molar-refractivity contribution in [1.82, 2.24) is 10.2 Å². The molecule has 1 aromatic carbocycles. The van der Waals surface area contributed by atoms with Gasteiger partial charge in [-0.1, -0.05) is 6.07 Å². The Kier molecular flexibility index (Phi) is 7.61. The fraction of sp³-hybridized carbons (Fsp3) is 0.667. The predicted molar refractivity (Wildman–Crippen MR) is 110 cm³/mol. The smallest absolute Gasteiger partial charge is 0.340 e. The summed E-state index contributed by atoms with van der Waals surface area (Å²) < 4.78 is 63.8. The van der Waals surface area contributed by atoms with Crippen LogP contribution in [0.4, 0.5) is 13.2 Å². The number of amides is 1. The van der Waals surface area contributed by atoms with Crippen LogP contribution in [-0.4, -0.2) is 50.2 Å². The first-order chi connectivity index (χ1) is 13.7. The molecule has 0 saturated heterocycles. The minimum Gasteiger partial charge on any atom is -0.340 e. The molecule has 1 saturated carbocycles. The molecule has 1 aromatic rings. The molecule has 0 unspecified atom stereocenters. The predicted octanol–water partition coefficient (Wildman–Crippen LogP) is 3.88. The molecule has 5 nitrogen and oxygen atoms in total. The monoisotopic (exact) mass is 448 g/mol. The van der Waals surface area contributed by atoms with E-state index in [0.717, 1.165) is 25.0 Å². The number of rotatable bonds is 6. The molecule has 1 N–H and O–H groups in total. The van der Waals surface area contributed by atoms with E-state index in [1.165, 1.54) is 6.07 Å². The second-order valence-electron chi connectivity index (χ2n) is 9.03. The normalized spacial score (nSPS) is 20.8. The number of carbonyl (C=O) groups is 1. The van der Waals surface area contributed by atoms with Crippen LogP contribution < -0.4 is 5.32 Å². The van der Waals surface area contributed by atoms with Crippen molar-refractivity contribution in [2.75, 3.05) is 19.3 Å². The quantitative estimate of drug-likeness (QED) is 0.717. The molecule has 1 amide bonds. The number of nitrogens with one attached hydrogen (secondary N) is 1. The molecular formula is C21H31F3N2O3S. The molecular weight excluding hydrogens is 417 g/mol. The summed E-state index contributed by atoms with van der Waals surface area (Å²) in [6, 6.07) is 4.06. The molecule has 1 aliphatic rings. The Morgan fingerprint density at radius 1 is 1.13 bits per heavy atom. The minimum atomic E-state index is -4.58. The van der Waals surface area contributed by atoms with Gasteiger partial charge in [0.2, 0.25) is 5.91 Å². The van der Waals surface area contributed by atoms with Gasteiger partial charge in [0.1, 0.15) is 0 Å². The molecule has 170 valence electrons. The highest BCUT2D eigenvalue weighted by atomic mass is 32.2. The van der Waals surface area contributed by atoms with Gasteiger partial charge in [0.15, 0.2) is 9.84 Å². The molecule has 0 heterocycles. The number of nitrogens with zero attached hydrogens (tertiary/aromatic N) is 1. The van der Waals surface area contributed by atoms with Gasteiger partial charge in [-0.3, -0.25) is 4.79 Å². The molecule has 1 aliphatic carbocycles. The Labute approximate surface area is 176 Å². The van der Waals surface area contributed by atoms with E-state index in [1.807, 2.05) is 20.8 Å². The van der Waals surface area contributed by atoms with Gasteiger partial charge in [0, 0.05) is 18.6 Å². The van der Waals surface area contributed by atoms with Crippen LogP contribution in [-0.2, 0) is 20.8 Å². The van der Waals surface area contributed by atoms with Crippen LogP contribution in [0.1, 0.15) is 52.0 Å². The van der Waals surface area contributed by atoms with E-state index in [9.17, 15) is 26.4 Å². The van der Waals surface area contributed by atoms with Gasteiger partial charge in [-0.05, 0) is 70.6 Å². The van der Waals surface area contributed by atoms with E-state index in [0.29, 0.717) is 18.9 Å². The van der Waals surface area contributed by atoms with E-state index in [-0.39, 0.29) is 40.6 Å². The van der Waals surface area contributed by atoms with Crippen LogP contribution in [0.25, 0.3) is 0 Å². The Balaban J connectivity index is 1.88. The number of carbonyl (C=O) groups excluding carboxylic acids is 1. The topological polar surface area (TPSA) is 66.5 Å². The summed E-state index contributed by atoms with van der Waals surface area (Å²) in [4.78, 5) is 13.6. The average Bonchev–Trinajstić information content (AvgIpc) is 2.65. The second kappa shape index (κ2) is 9.26. The number of hydrogen-bond donors (Lipinski definition) is 1. The minimum absolute atomic E-state index is 0.00301. The summed E-state index contributed by atoms with van der Waals surface area (Å²) in [7, 11) is -2.03. The van der Waals surface area contributed by atoms with Gasteiger partial charge in [0.05, 0.1) is 22.8 Å². The van der Waals surface area contributed by atoms with Gasteiger partial charge in [-0.15, -0.1) is 0 Å². The summed E-state index contributed by atoms with van der Waals surface area (Å²) in [6.07, 6.45) is -1.81. The van der Waals surface area contributed by atoms with Crippen molar-refractivity contribution in [2.24, 2.45) is 5.92 Å². The highest BCUT2D eigenvalue weighted by molar-refractivity contribution is 7.91. The Hall–Kier alpha value is -1.61. The molecule has 0 spiro atoms. The lowest BCUT2D eigenvalue weighted by Gasteiger charge is -2.33. The molecule has 0 radical (unpaired) electrons. The third-order valence-electron chi connectivity index (χ3n) is 5.74. The third kappa shape index (κ3) is 6.70. The number of benzene rings is 1. The van der Waals surface area contributed by atoms with E-state index in [2.05, 4.69) is 5.32 Å². The fourth-order valence-electron chi connectivity index (χ4n) is 3.53. The van der Waals surface area contributed by atoms with Crippen LogP contribution in [0.2, 0.25) is 0 Å². The zero-order valence-corrected chi connectivity index (χ0v) is 18.7. The first kappa shape index (κ1) is 24.7. The molecule has 9 heteroatoms. The Bertz CT molecular complexity index is 840. The van der Waals surface area contributed by atoms with Gasteiger partial charge >= 0.3 is 6.18 Å². The molecule has 30 heavy (non-hydrogen) atoms. The standard InChI is InChI=1S/C21H31F3N2O3S/c1-20(2,3)26(4)19(27)13-25-17-10-8-15(9-11-17)14-30(28,29)18-7-5-6-16(12-18)21(22,23)24/h5-7,12,15,17,25H,8-11,13-14H2,1-4H3/t15-,17-. The zero-order chi connectivity index (χ0) is 22.7. The van der Waals surface area contributed by atoms with Gasteiger partial charge < -0.3 is 10.2 Å². The summed E-state index contributed by atoms with van der Waals surface area (Å²) in [5, 5.41) is 3.25. The number of hydrogen-bond acceptors (Lipinski definition) is 4. The maximum atomic E-state index is 12.9. The highest BCUT2D eigenvalue weighted by Gasteiger charge is 2.33. The molecule has 2 rings (SSSR count). The van der Waals surface area contributed by atoms with Crippen molar-refractivity contribution < 1.29 is 26.4 Å². The van der Waals surface area contributed by atoms with Crippen molar-refractivity contribution in [3.8, 4) is 0 Å². The molecule has 0 aliphatic heterocycles. The summed E-state index contributed by atoms with van der Waals surface area (Å²) >= 11 is 0. The maximum absolute atomic E-state index is 12.9. The first-order valence-corrected chi connectivity index (χ1v) is 11.8. The van der Waals surface area contributed by atoms with Crippen LogP contribution in [0, 0.1) is 5.92 Å². The van der Waals surface area contributed by atoms with E-state index >= 15 is 0 Å². The lowest BCUT2D eigenvalue weighted by atomic mass is 9.87. The summed E-state index contributed by atoms with van der Waals surface area (Å²) in [6.45, 7) is 6.11. The number of sulfone groups is 1. The SMILES string of the molecule is CN(C(=O)CN[C@H]1CC[C@H](CS(=O)(=O)c2cccc(C(F)(F)F)c2)CC1)C(C)(C)C. The molecule has 0 atom stereocenters. The maximum Gasteiger partial charge on any atom is 0.416 e. The van der Waals surface area contributed by atoms with Crippen LogP contribution >= 0.6 is 0 Å². The highest BCUT2D eigenvalue weighted by Crippen LogP contribution is 2.32. The van der Waals surface area contributed by atoms with Crippen LogP contribution in [0.5, 0.6) is 0 Å². The van der Waals surface area contributed by atoms with Gasteiger partial charge in [0.25, 0.3) is 0 Å². The third-order valence-corrected chi connectivity index (χ3v) is 7.63. The van der Waals surface area contributed by atoms with Crippen molar-refractivity contribution in [3.05, 3.63) is 29.8 Å². The van der Waals surface area contributed by atoms with Crippen LogP contribution in [0.15, 0.2) is 29.2 Å². The summed E-state index contributed by atoms with van der Waals surface area (Å²) in [5.74, 6) is -0.264. The Morgan fingerprint density at radius 2 is 1.73 bits per heavy atom. The number of alkyl halides is 3.